The molecule has 18 heavy (non-hydrogen) atoms. The highest BCUT2D eigenvalue weighted by molar-refractivity contribution is 7.92. The minimum atomic E-state index is -3.66. The average molecular weight is 262 g/mol. The zero-order valence-corrected chi connectivity index (χ0v) is 10.3. The molecule has 0 spiro atoms. The highest BCUT2D eigenvalue weighted by Gasteiger charge is 2.15. The second kappa shape index (κ2) is 4.50. The van der Waals surface area contributed by atoms with E-state index in [0.717, 1.165) is 0 Å². The van der Waals surface area contributed by atoms with Gasteiger partial charge in [0, 0.05) is 19.3 Å². The number of nitrogens with one attached hydrogen (secondary N) is 1. The Hall–Kier alpha value is -2.33. The SMILES string of the molecule is Cn1ccc(NS(=O)(=O)c2ccc(C#N)cc2)n1. The quantitative estimate of drug-likeness (QED) is 0.896. The number of benzene rings is 1. The van der Waals surface area contributed by atoms with E-state index in [2.05, 4.69) is 9.82 Å². The molecule has 0 atom stereocenters. The van der Waals surface area contributed by atoms with Crippen LogP contribution in [0.2, 0.25) is 0 Å². The standard InChI is InChI=1S/C11H10N4O2S/c1-15-7-6-11(13-15)14-18(16,17)10-4-2-9(8-12)3-5-10/h2-7H,1H3,(H,13,14). The number of nitrogens with zero attached hydrogens (tertiary/aromatic N) is 3. The van der Waals surface area contributed by atoms with Crippen molar-refractivity contribution in [1.29, 1.82) is 5.26 Å². The van der Waals surface area contributed by atoms with E-state index in [4.69, 9.17) is 5.26 Å². The predicted octanol–water partition coefficient (Wildman–Crippen LogP) is 1.09. The first-order chi connectivity index (χ1) is 8.51. The maximum Gasteiger partial charge on any atom is 0.263 e. The Morgan fingerprint density at radius 1 is 1.28 bits per heavy atom. The summed E-state index contributed by atoms with van der Waals surface area (Å²) in [6, 6.07) is 9.14. The van der Waals surface area contributed by atoms with E-state index in [1.54, 1.807) is 19.3 Å². The highest BCUT2D eigenvalue weighted by Crippen LogP contribution is 2.14. The van der Waals surface area contributed by atoms with Crippen LogP contribution in [0.5, 0.6) is 0 Å². The van der Waals surface area contributed by atoms with Crippen LogP contribution in [0.15, 0.2) is 41.4 Å². The second-order valence-corrected chi connectivity index (χ2v) is 5.30. The van der Waals surface area contributed by atoms with E-state index in [0.29, 0.717) is 5.56 Å². The smallest absolute Gasteiger partial charge is 0.263 e. The molecule has 0 amide bonds. The fraction of sp³-hybridized carbons (Fsp3) is 0.0909. The van der Waals surface area contributed by atoms with Crippen molar-refractivity contribution in [3.8, 4) is 6.07 Å². The van der Waals surface area contributed by atoms with Crippen molar-refractivity contribution in [1.82, 2.24) is 9.78 Å². The maximum absolute atomic E-state index is 12.0. The largest absolute Gasteiger partial charge is 0.274 e. The molecule has 0 saturated carbocycles. The van der Waals surface area contributed by atoms with E-state index in [9.17, 15) is 8.42 Å². The van der Waals surface area contributed by atoms with Crippen molar-refractivity contribution < 1.29 is 8.42 Å². The molecular formula is C11H10N4O2S. The fourth-order valence-corrected chi connectivity index (χ4v) is 2.37. The van der Waals surface area contributed by atoms with Crippen molar-refractivity contribution in [2.75, 3.05) is 4.72 Å². The molecule has 6 nitrogen and oxygen atoms in total. The summed E-state index contributed by atoms with van der Waals surface area (Å²) in [5, 5.41) is 12.6. The molecule has 2 aromatic rings. The Bertz CT molecular complexity index is 695. The van der Waals surface area contributed by atoms with Gasteiger partial charge in [0.25, 0.3) is 10.0 Å². The van der Waals surface area contributed by atoms with Gasteiger partial charge in [-0.2, -0.15) is 10.4 Å². The van der Waals surface area contributed by atoms with Gasteiger partial charge in [0.05, 0.1) is 16.5 Å². The van der Waals surface area contributed by atoms with Gasteiger partial charge >= 0.3 is 0 Å². The first-order valence-electron chi connectivity index (χ1n) is 5.04. The topological polar surface area (TPSA) is 87.8 Å². The van der Waals surface area contributed by atoms with Crippen molar-refractivity contribution in [2.45, 2.75) is 4.90 Å². The van der Waals surface area contributed by atoms with E-state index >= 15 is 0 Å². The number of hydrogen-bond acceptors (Lipinski definition) is 4. The summed E-state index contributed by atoms with van der Waals surface area (Å²) < 4.78 is 27.8. The van der Waals surface area contributed by atoms with Crippen LogP contribution >= 0.6 is 0 Å². The van der Waals surface area contributed by atoms with Crippen molar-refractivity contribution >= 4 is 15.8 Å². The zero-order chi connectivity index (χ0) is 13.2. The Balaban J connectivity index is 2.28. The summed E-state index contributed by atoms with van der Waals surface area (Å²) in [4.78, 5) is 0.0900. The molecule has 1 aromatic heterocycles. The normalized spacial score (nSPS) is 10.9. The third-order valence-electron chi connectivity index (χ3n) is 2.25. The molecule has 0 unspecified atom stereocenters. The third-order valence-corrected chi connectivity index (χ3v) is 3.62. The molecule has 0 fully saturated rings. The molecule has 0 aliphatic heterocycles. The van der Waals surface area contributed by atoms with Gasteiger partial charge in [-0.05, 0) is 24.3 Å². The number of rotatable bonds is 3. The summed E-state index contributed by atoms with van der Waals surface area (Å²) in [6.45, 7) is 0. The molecule has 92 valence electrons. The number of aromatic nitrogens is 2. The van der Waals surface area contributed by atoms with Crippen molar-refractivity contribution in [3.05, 3.63) is 42.1 Å². The summed E-state index contributed by atoms with van der Waals surface area (Å²) in [7, 11) is -1.97. The molecule has 1 aromatic carbocycles. The van der Waals surface area contributed by atoms with Crippen molar-refractivity contribution in [2.24, 2.45) is 7.05 Å². The van der Waals surface area contributed by atoms with E-state index in [-0.39, 0.29) is 10.7 Å². The van der Waals surface area contributed by atoms with Crippen LogP contribution < -0.4 is 4.72 Å². The Morgan fingerprint density at radius 2 is 1.94 bits per heavy atom. The lowest BCUT2D eigenvalue weighted by molar-refractivity contribution is 0.601. The van der Waals surface area contributed by atoms with Crippen LogP contribution in [0.25, 0.3) is 0 Å². The molecule has 0 radical (unpaired) electrons. The monoisotopic (exact) mass is 262 g/mol. The van der Waals surface area contributed by atoms with Crippen LogP contribution in [0.1, 0.15) is 5.56 Å². The van der Waals surface area contributed by atoms with Gasteiger partial charge in [-0.3, -0.25) is 9.40 Å². The summed E-state index contributed by atoms with van der Waals surface area (Å²) in [6.07, 6.45) is 1.64. The fourth-order valence-electron chi connectivity index (χ4n) is 1.37. The second-order valence-electron chi connectivity index (χ2n) is 3.62. The molecule has 0 saturated heterocycles. The Morgan fingerprint density at radius 3 is 2.44 bits per heavy atom. The van der Waals surface area contributed by atoms with Gasteiger partial charge in [-0.25, -0.2) is 8.42 Å². The van der Waals surface area contributed by atoms with Crippen molar-refractivity contribution in [3.63, 3.8) is 0 Å². The van der Waals surface area contributed by atoms with Crippen LogP contribution in [0, 0.1) is 11.3 Å². The van der Waals surface area contributed by atoms with E-state index in [1.807, 2.05) is 6.07 Å². The number of aryl methyl sites for hydroxylation is 1. The zero-order valence-electron chi connectivity index (χ0n) is 9.53. The van der Waals surface area contributed by atoms with Gasteiger partial charge in [0.15, 0.2) is 5.82 Å². The van der Waals surface area contributed by atoms with Gasteiger partial charge in [-0.15, -0.1) is 0 Å². The number of hydrogen-bond donors (Lipinski definition) is 1. The lowest BCUT2D eigenvalue weighted by atomic mass is 10.2. The predicted molar refractivity (Wildman–Crippen MR) is 65.2 cm³/mol. The van der Waals surface area contributed by atoms with Crippen LogP contribution in [0.3, 0.4) is 0 Å². The first-order valence-corrected chi connectivity index (χ1v) is 6.52. The average Bonchev–Trinajstić information content (AvgIpc) is 2.74. The Labute approximate surface area is 105 Å². The van der Waals surface area contributed by atoms with Crippen LogP contribution in [-0.2, 0) is 17.1 Å². The molecule has 7 heteroatoms. The number of anilines is 1. The van der Waals surface area contributed by atoms with Crippen LogP contribution in [-0.4, -0.2) is 18.2 Å². The highest BCUT2D eigenvalue weighted by atomic mass is 32.2. The summed E-state index contributed by atoms with van der Waals surface area (Å²) in [5.41, 5.74) is 0.409. The van der Waals surface area contributed by atoms with Crippen LogP contribution in [0.4, 0.5) is 5.82 Å². The minimum Gasteiger partial charge on any atom is -0.274 e. The first kappa shape index (κ1) is 12.1. The lowest BCUT2D eigenvalue weighted by Gasteiger charge is -2.04. The van der Waals surface area contributed by atoms with Gasteiger partial charge < -0.3 is 0 Å². The third kappa shape index (κ3) is 2.49. The van der Waals surface area contributed by atoms with Gasteiger partial charge in [-0.1, -0.05) is 0 Å². The maximum atomic E-state index is 12.0. The molecule has 0 aliphatic rings. The van der Waals surface area contributed by atoms with E-state index < -0.39 is 10.0 Å². The molecule has 2 rings (SSSR count). The molecular weight excluding hydrogens is 252 g/mol. The Kier molecular flexibility index (Phi) is 3.04. The molecule has 0 bridgehead atoms. The molecule has 1 N–H and O–H groups in total. The molecule has 1 heterocycles. The van der Waals surface area contributed by atoms with E-state index in [1.165, 1.54) is 28.9 Å². The summed E-state index contributed by atoms with van der Waals surface area (Å²) in [5.74, 6) is 0.252. The van der Waals surface area contributed by atoms with Gasteiger partial charge in [0.1, 0.15) is 0 Å². The summed E-state index contributed by atoms with van der Waals surface area (Å²) >= 11 is 0. The molecule has 0 aliphatic carbocycles. The minimum absolute atomic E-state index is 0.0900. The number of nitriles is 1. The lowest BCUT2D eigenvalue weighted by Crippen LogP contribution is -2.13. The van der Waals surface area contributed by atoms with Gasteiger partial charge in [0.2, 0.25) is 0 Å². The number of sulfonamides is 1.